The van der Waals surface area contributed by atoms with Crippen LogP contribution in [0.15, 0.2) is 6.20 Å². The summed E-state index contributed by atoms with van der Waals surface area (Å²) in [5.41, 5.74) is 0. The van der Waals surface area contributed by atoms with Crippen LogP contribution in [-0.4, -0.2) is 28.3 Å². The first-order chi connectivity index (χ1) is 6.36. The quantitative estimate of drug-likeness (QED) is 0.782. The van der Waals surface area contributed by atoms with E-state index in [0.29, 0.717) is 12.1 Å². The van der Waals surface area contributed by atoms with Crippen LogP contribution in [-0.2, 0) is 11.3 Å². The summed E-state index contributed by atoms with van der Waals surface area (Å²) < 4.78 is 9.25. The van der Waals surface area contributed by atoms with E-state index in [1.165, 1.54) is 16.4 Å². The van der Waals surface area contributed by atoms with Gasteiger partial charge in [-0.25, -0.2) is 0 Å². The molecule has 0 radical (unpaired) electrons. The maximum absolute atomic E-state index is 5.44. The SMILES string of the molecule is CC1OCCC1NCc1cnns1. The first-order valence-electron chi connectivity index (χ1n) is 4.47. The number of hydrogen-bond donors (Lipinski definition) is 1. The van der Waals surface area contributed by atoms with Crippen molar-refractivity contribution in [1.82, 2.24) is 14.9 Å². The van der Waals surface area contributed by atoms with E-state index in [9.17, 15) is 0 Å². The molecule has 2 atom stereocenters. The molecule has 1 aromatic heterocycles. The molecule has 1 aliphatic heterocycles. The van der Waals surface area contributed by atoms with Gasteiger partial charge in [0.15, 0.2) is 0 Å². The average Bonchev–Trinajstić information content (AvgIpc) is 2.72. The predicted molar refractivity (Wildman–Crippen MR) is 50.6 cm³/mol. The molecular formula is C8H13N3OS. The molecule has 0 amide bonds. The Hall–Kier alpha value is -0.520. The Labute approximate surface area is 81.5 Å². The molecule has 1 aromatic rings. The van der Waals surface area contributed by atoms with Crippen LogP contribution in [0, 0.1) is 0 Å². The zero-order chi connectivity index (χ0) is 9.10. The minimum Gasteiger partial charge on any atom is -0.377 e. The molecule has 0 bridgehead atoms. The number of nitrogens with zero attached hydrogens (tertiary/aromatic N) is 2. The standard InChI is InChI=1S/C8H13N3OS/c1-6-8(2-3-12-6)9-4-7-5-10-11-13-7/h5-6,8-9H,2-4H2,1H3. The molecule has 2 unspecified atom stereocenters. The van der Waals surface area contributed by atoms with Crippen molar-refractivity contribution < 1.29 is 4.74 Å². The largest absolute Gasteiger partial charge is 0.377 e. The summed E-state index contributed by atoms with van der Waals surface area (Å²) >= 11 is 1.44. The molecule has 5 heteroatoms. The molecule has 4 nitrogen and oxygen atoms in total. The minimum absolute atomic E-state index is 0.334. The highest BCUT2D eigenvalue weighted by molar-refractivity contribution is 7.05. The summed E-state index contributed by atoms with van der Waals surface area (Å²) in [5.74, 6) is 0. The van der Waals surface area contributed by atoms with Gasteiger partial charge in [-0.3, -0.25) is 0 Å². The normalized spacial score (nSPS) is 28.1. The van der Waals surface area contributed by atoms with Crippen LogP contribution < -0.4 is 5.32 Å². The lowest BCUT2D eigenvalue weighted by Crippen LogP contribution is -2.33. The Bertz CT molecular complexity index is 252. The fraction of sp³-hybridized carbons (Fsp3) is 0.750. The van der Waals surface area contributed by atoms with Gasteiger partial charge in [-0.15, -0.1) is 5.10 Å². The molecular weight excluding hydrogens is 186 g/mol. The molecule has 2 heterocycles. The molecule has 0 aliphatic carbocycles. The summed E-state index contributed by atoms with van der Waals surface area (Å²) in [5, 5.41) is 7.22. The van der Waals surface area contributed by atoms with E-state index in [-0.39, 0.29) is 0 Å². The number of aromatic nitrogens is 2. The third-order valence-electron chi connectivity index (χ3n) is 2.32. The first kappa shape index (κ1) is 9.05. The number of ether oxygens (including phenoxy) is 1. The average molecular weight is 199 g/mol. The van der Waals surface area contributed by atoms with Crippen molar-refractivity contribution in [3.63, 3.8) is 0 Å². The van der Waals surface area contributed by atoms with Crippen LogP contribution in [0.4, 0.5) is 0 Å². The van der Waals surface area contributed by atoms with Crippen LogP contribution in [0.1, 0.15) is 18.2 Å². The monoisotopic (exact) mass is 199 g/mol. The van der Waals surface area contributed by atoms with Crippen molar-refractivity contribution in [2.24, 2.45) is 0 Å². The van der Waals surface area contributed by atoms with Crippen LogP contribution in [0.2, 0.25) is 0 Å². The maximum atomic E-state index is 5.44. The molecule has 0 saturated carbocycles. The van der Waals surface area contributed by atoms with E-state index in [4.69, 9.17) is 4.74 Å². The zero-order valence-corrected chi connectivity index (χ0v) is 8.38. The van der Waals surface area contributed by atoms with Gasteiger partial charge in [0.05, 0.1) is 17.2 Å². The highest BCUT2D eigenvalue weighted by atomic mass is 32.1. The number of hydrogen-bond acceptors (Lipinski definition) is 5. The smallest absolute Gasteiger partial charge is 0.0700 e. The van der Waals surface area contributed by atoms with Crippen molar-refractivity contribution in [3.8, 4) is 0 Å². The molecule has 2 rings (SSSR count). The van der Waals surface area contributed by atoms with Crippen molar-refractivity contribution in [2.45, 2.75) is 32.0 Å². The number of nitrogens with one attached hydrogen (secondary N) is 1. The van der Waals surface area contributed by atoms with E-state index in [0.717, 1.165) is 19.6 Å². The second kappa shape index (κ2) is 4.13. The Morgan fingerprint density at radius 1 is 1.77 bits per heavy atom. The van der Waals surface area contributed by atoms with Crippen LogP contribution >= 0.6 is 11.5 Å². The summed E-state index contributed by atoms with van der Waals surface area (Å²) in [6.07, 6.45) is 3.24. The third-order valence-corrected chi connectivity index (χ3v) is 2.98. The summed E-state index contributed by atoms with van der Waals surface area (Å²) in [7, 11) is 0. The Morgan fingerprint density at radius 2 is 2.69 bits per heavy atom. The Balaban J connectivity index is 1.79. The molecule has 0 spiro atoms. The van der Waals surface area contributed by atoms with Crippen LogP contribution in [0.25, 0.3) is 0 Å². The third kappa shape index (κ3) is 2.24. The second-order valence-corrected chi connectivity index (χ2v) is 4.11. The molecule has 1 aliphatic rings. The highest BCUT2D eigenvalue weighted by Crippen LogP contribution is 2.13. The Kier molecular flexibility index (Phi) is 2.87. The lowest BCUT2D eigenvalue weighted by Gasteiger charge is -2.14. The molecule has 13 heavy (non-hydrogen) atoms. The second-order valence-electron chi connectivity index (χ2n) is 3.24. The van der Waals surface area contributed by atoms with Crippen molar-refractivity contribution in [3.05, 3.63) is 11.1 Å². The molecule has 1 saturated heterocycles. The fourth-order valence-electron chi connectivity index (χ4n) is 1.50. The van der Waals surface area contributed by atoms with Crippen molar-refractivity contribution >= 4 is 11.5 Å². The Morgan fingerprint density at radius 3 is 3.31 bits per heavy atom. The van der Waals surface area contributed by atoms with Gasteiger partial charge in [-0.1, -0.05) is 4.49 Å². The lowest BCUT2D eigenvalue weighted by atomic mass is 10.1. The lowest BCUT2D eigenvalue weighted by molar-refractivity contribution is 0.113. The van der Waals surface area contributed by atoms with E-state index < -0.39 is 0 Å². The van der Waals surface area contributed by atoms with Crippen molar-refractivity contribution in [1.29, 1.82) is 0 Å². The highest BCUT2D eigenvalue weighted by Gasteiger charge is 2.23. The first-order valence-corrected chi connectivity index (χ1v) is 5.25. The topological polar surface area (TPSA) is 47.0 Å². The fourth-order valence-corrected chi connectivity index (χ4v) is 1.94. The van der Waals surface area contributed by atoms with Gasteiger partial charge in [-0.05, 0) is 24.9 Å². The van der Waals surface area contributed by atoms with E-state index >= 15 is 0 Å². The van der Waals surface area contributed by atoms with Gasteiger partial charge in [0.25, 0.3) is 0 Å². The molecule has 0 aromatic carbocycles. The van der Waals surface area contributed by atoms with Crippen LogP contribution in [0.3, 0.4) is 0 Å². The maximum Gasteiger partial charge on any atom is 0.0700 e. The van der Waals surface area contributed by atoms with Gasteiger partial charge in [0.2, 0.25) is 0 Å². The zero-order valence-electron chi connectivity index (χ0n) is 7.56. The molecule has 1 fully saturated rings. The van der Waals surface area contributed by atoms with E-state index in [1.807, 2.05) is 0 Å². The van der Waals surface area contributed by atoms with Gasteiger partial charge in [-0.2, -0.15) is 0 Å². The van der Waals surface area contributed by atoms with Crippen molar-refractivity contribution in [2.75, 3.05) is 6.61 Å². The van der Waals surface area contributed by atoms with Gasteiger partial charge in [0.1, 0.15) is 0 Å². The summed E-state index contributed by atoms with van der Waals surface area (Å²) in [6, 6.07) is 0.488. The molecule has 1 N–H and O–H groups in total. The van der Waals surface area contributed by atoms with E-state index in [2.05, 4.69) is 21.8 Å². The van der Waals surface area contributed by atoms with Gasteiger partial charge in [0, 0.05) is 19.2 Å². The van der Waals surface area contributed by atoms with Crippen LogP contribution in [0.5, 0.6) is 0 Å². The van der Waals surface area contributed by atoms with Gasteiger partial charge >= 0.3 is 0 Å². The summed E-state index contributed by atoms with van der Waals surface area (Å²) in [4.78, 5) is 1.18. The van der Waals surface area contributed by atoms with E-state index in [1.54, 1.807) is 6.20 Å². The molecule has 72 valence electrons. The number of rotatable bonds is 3. The summed E-state index contributed by atoms with van der Waals surface area (Å²) in [6.45, 7) is 3.84. The van der Waals surface area contributed by atoms with Gasteiger partial charge < -0.3 is 10.1 Å². The predicted octanol–water partition coefficient (Wildman–Crippen LogP) is 0.805. The minimum atomic E-state index is 0.334.